The molecule has 0 aliphatic carbocycles. The van der Waals surface area contributed by atoms with Gasteiger partial charge in [0.05, 0.1) is 4.92 Å². The number of hydrogen-bond acceptors (Lipinski definition) is 4. The smallest absolute Gasteiger partial charge is 0.270 e. The molecule has 6 nitrogen and oxygen atoms in total. The number of nitrogens with one attached hydrogen (secondary N) is 1. The highest BCUT2D eigenvalue weighted by molar-refractivity contribution is 6.01. The number of anilines is 1. The lowest BCUT2D eigenvalue weighted by atomic mass is 10.1. The molecule has 1 amide bonds. The highest BCUT2D eigenvalue weighted by Crippen LogP contribution is 2.26. The second kappa shape index (κ2) is 7.48. The summed E-state index contributed by atoms with van der Waals surface area (Å²) in [4.78, 5) is 22.4. The normalized spacial score (nSPS) is 10.8. The molecule has 0 unspecified atom stereocenters. The fourth-order valence-electron chi connectivity index (χ4n) is 2.35. The fraction of sp³-hybridized carbons (Fsp3) is 0.0500. The van der Waals surface area contributed by atoms with E-state index in [1.165, 1.54) is 18.2 Å². The number of carbonyl (C=O) groups is 1. The average Bonchev–Trinajstić information content (AvgIpc) is 3.11. The van der Waals surface area contributed by atoms with Crippen LogP contribution in [0.2, 0.25) is 0 Å². The van der Waals surface area contributed by atoms with Gasteiger partial charge in [-0.15, -0.1) is 0 Å². The largest absolute Gasteiger partial charge is 0.457 e. The maximum absolute atomic E-state index is 12.0. The molecule has 0 spiro atoms. The van der Waals surface area contributed by atoms with Crippen molar-refractivity contribution in [1.29, 1.82) is 0 Å². The quantitative estimate of drug-likeness (QED) is 0.407. The fourth-order valence-corrected chi connectivity index (χ4v) is 2.35. The highest BCUT2D eigenvalue weighted by atomic mass is 16.6. The Morgan fingerprint density at radius 1 is 1.12 bits per heavy atom. The molecule has 0 atom stereocenters. The van der Waals surface area contributed by atoms with Gasteiger partial charge in [-0.05, 0) is 37.3 Å². The molecule has 1 aromatic heterocycles. The first kappa shape index (κ1) is 17.2. The molecule has 0 fully saturated rings. The number of benzene rings is 2. The summed E-state index contributed by atoms with van der Waals surface area (Å²) < 4.78 is 5.63. The second-order valence-electron chi connectivity index (χ2n) is 5.70. The van der Waals surface area contributed by atoms with Crippen molar-refractivity contribution in [3.63, 3.8) is 0 Å². The van der Waals surface area contributed by atoms with Gasteiger partial charge in [0.25, 0.3) is 5.69 Å². The SMILES string of the molecule is Cc1ccc(NC(=O)C=Cc2ccc(-c3cccc([N+](=O)[O-])c3)o2)cc1. The number of nitro groups is 1. The van der Waals surface area contributed by atoms with Crippen LogP contribution < -0.4 is 5.32 Å². The van der Waals surface area contributed by atoms with Crippen molar-refractivity contribution in [3.8, 4) is 11.3 Å². The van der Waals surface area contributed by atoms with Crippen molar-refractivity contribution >= 4 is 23.4 Å². The summed E-state index contributed by atoms with van der Waals surface area (Å²) in [6, 6.07) is 17.1. The van der Waals surface area contributed by atoms with Gasteiger partial charge >= 0.3 is 0 Å². The molecule has 1 N–H and O–H groups in total. The van der Waals surface area contributed by atoms with Crippen LogP contribution in [-0.4, -0.2) is 10.8 Å². The van der Waals surface area contributed by atoms with Crippen LogP contribution in [0.4, 0.5) is 11.4 Å². The minimum atomic E-state index is -0.456. The van der Waals surface area contributed by atoms with Crippen LogP contribution >= 0.6 is 0 Å². The van der Waals surface area contributed by atoms with E-state index in [1.807, 2.05) is 31.2 Å². The van der Waals surface area contributed by atoms with E-state index in [-0.39, 0.29) is 11.6 Å². The number of hydrogen-bond donors (Lipinski definition) is 1. The molecule has 3 aromatic rings. The van der Waals surface area contributed by atoms with Crippen molar-refractivity contribution in [2.75, 3.05) is 5.32 Å². The van der Waals surface area contributed by atoms with Crippen molar-refractivity contribution in [2.45, 2.75) is 6.92 Å². The molecule has 0 aliphatic rings. The molecule has 2 aromatic carbocycles. The van der Waals surface area contributed by atoms with Gasteiger partial charge in [-0.1, -0.05) is 29.8 Å². The third-order valence-corrected chi connectivity index (χ3v) is 3.69. The lowest BCUT2D eigenvalue weighted by Crippen LogP contribution is -2.07. The molecule has 130 valence electrons. The lowest BCUT2D eigenvalue weighted by Gasteiger charge is -2.01. The van der Waals surface area contributed by atoms with E-state index in [0.29, 0.717) is 22.8 Å². The third-order valence-electron chi connectivity index (χ3n) is 3.69. The Morgan fingerprint density at radius 3 is 2.62 bits per heavy atom. The van der Waals surface area contributed by atoms with Crippen molar-refractivity contribution in [2.24, 2.45) is 0 Å². The number of aryl methyl sites for hydroxylation is 1. The first-order valence-electron chi connectivity index (χ1n) is 7.92. The Labute approximate surface area is 149 Å². The van der Waals surface area contributed by atoms with Gasteiger partial charge in [0.2, 0.25) is 5.91 Å². The molecule has 1 heterocycles. The van der Waals surface area contributed by atoms with Gasteiger partial charge in [-0.2, -0.15) is 0 Å². The Morgan fingerprint density at radius 2 is 1.88 bits per heavy atom. The Kier molecular flexibility index (Phi) is 4.94. The zero-order valence-corrected chi connectivity index (χ0v) is 14.0. The van der Waals surface area contributed by atoms with Crippen LogP contribution in [-0.2, 0) is 4.79 Å². The summed E-state index contributed by atoms with van der Waals surface area (Å²) in [7, 11) is 0. The zero-order chi connectivity index (χ0) is 18.5. The van der Waals surface area contributed by atoms with Gasteiger partial charge < -0.3 is 9.73 Å². The average molecular weight is 348 g/mol. The molecule has 0 radical (unpaired) electrons. The van der Waals surface area contributed by atoms with Gasteiger partial charge in [-0.3, -0.25) is 14.9 Å². The molecule has 26 heavy (non-hydrogen) atoms. The van der Waals surface area contributed by atoms with Crippen LogP contribution in [0.25, 0.3) is 17.4 Å². The van der Waals surface area contributed by atoms with E-state index in [1.54, 1.807) is 30.3 Å². The molecular weight excluding hydrogens is 332 g/mol. The maximum Gasteiger partial charge on any atom is 0.270 e. The topological polar surface area (TPSA) is 85.4 Å². The summed E-state index contributed by atoms with van der Waals surface area (Å²) in [5, 5.41) is 13.6. The van der Waals surface area contributed by atoms with E-state index in [2.05, 4.69) is 5.32 Å². The number of rotatable bonds is 5. The Balaban J connectivity index is 1.68. The van der Waals surface area contributed by atoms with Crippen molar-refractivity contribution < 1.29 is 14.1 Å². The molecule has 0 saturated carbocycles. The van der Waals surface area contributed by atoms with E-state index in [4.69, 9.17) is 4.42 Å². The summed E-state index contributed by atoms with van der Waals surface area (Å²) in [6.07, 6.45) is 2.92. The van der Waals surface area contributed by atoms with Crippen LogP contribution in [0, 0.1) is 17.0 Å². The number of nitrogens with zero attached hydrogens (tertiary/aromatic N) is 1. The lowest BCUT2D eigenvalue weighted by molar-refractivity contribution is -0.384. The number of furan rings is 1. The number of amides is 1. The van der Waals surface area contributed by atoms with E-state index in [0.717, 1.165) is 5.56 Å². The predicted octanol–water partition coefficient (Wildman–Crippen LogP) is 4.82. The van der Waals surface area contributed by atoms with Gasteiger partial charge in [0.1, 0.15) is 11.5 Å². The predicted molar refractivity (Wildman–Crippen MR) is 99.6 cm³/mol. The van der Waals surface area contributed by atoms with E-state index in [9.17, 15) is 14.9 Å². The molecule has 0 saturated heterocycles. The van der Waals surface area contributed by atoms with Gasteiger partial charge in [-0.25, -0.2) is 0 Å². The van der Waals surface area contributed by atoms with Gasteiger partial charge in [0.15, 0.2) is 0 Å². The van der Waals surface area contributed by atoms with E-state index >= 15 is 0 Å². The second-order valence-corrected chi connectivity index (χ2v) is 5.70. The van der Waals surface area contributed by atoms with Crippen molar-refractivity contribution in [1.82, 2.24) is 0 Å². The molecule has 6 heteroatoms. The standard InChI is InChI=1S/C20H16N2O4/c1-14-5-7-16(8-6-14)21-20(23)12-10-18-9-11-19(26-18)15-3-2-4-17(13-15)22(24)25/h2-13H,1H3,(H,21,23). The molecular formula is C20H16N2O4. The van der Waals surface area contributed by atoms with Crippen LogP contribution in [0.1, 0.15) is 11.3 Å². The molecule has 3 rings (SSSR count). The van der Waals surface area contributed by atoms with Crippen LogP contribution in [0.15, 0.2) is 71.2 Å². The summed E-state index contributed by atoms with van der Waals surface area (Å²) in [5.74, 6) is 0.694. The number of nitro benzene ring substituents is 1. The summed E-state index contributed by atoms with van der Waals surface area (Å²) in [5.41, 5.74) is 2.42. The first-order valence-corrected chi connectivity index (χ1v) is 7.92. The minimum Gasteiger partial charge on any atom is -0.457 e. The van der Waals surface area contributed by atoms with Crippen molar-refractivity contribution in [3.05, 3.63) is 88.2 Å². The van der Waals surface area contributed by atoms with Crippen LogP contribution in [0.3, 0.4) is 0 Å². The molecule has 0 aliphatic heterocycles. The highest BCUT2D eigenvalue weighted by Gasteiger charge is 2.09. The zero-order valence-electron chi connectivity index (χ0n) is 14.0. The third kappa shape index (κ3) is 4.24. The number of carbonyl (C=O) groups excluding carboxylic acids is 1. The van der Waals surface area contributed by atoms with Crippen LogP contribution in [0.5, 0.6) is 0 Å². The molecule has 0 bridgehead atoms. The maximum atomic E-state index is 12.0. The summed E-state index contributed by atoms with van der Waals surface area (Å²) >= 11 is 0. The monoisotopic (exact) mass is 348 g/mol. The Hall–Kier alpha value is -3.67. The number of non-ortho nitro benzene ring substituents is 1. The van der Waals surface area contributed by atoms with Gasteiger partial charge in [0, 0.05) is 29.5 Å². The summed E-state index contributed by atoms with van der Waals surface area (Å²) in [6.45, 7) is 1.97. The van der Waals surface area contributed by atoms with E-state index < -0.39 is 4.92 Å². The Bertz CT molecular complexity index is 971. The first-order chi connectivity index (χ1) is 12.5. The minimum absolute atomic E-state index is 0.00605.